The van der Waals surface area contributed by atoms with E-state index in [9.17, 15) is 4.39 Å². The molecular weight excluding hydrogens is 195 g/mol. The van der Waals surface area contributed by atoms with Crippen molar-refractivity contribution in [1.82, 2.24) is 9.97 Å². The predicted molar refractivity (Wildman–Crippen MR) is 55.4 cm³/mol. The normalized spacial score (nSPS) is 10.6. The third-order valence-corrected chi connectivity index (χ3v) is 2.23. The number of ether oxygens (including phenoxy) is 1. The van der Waals surface area contributed by atoms with Crippen LogP contribution in [-0.2, 0) is 6.42 Å². The van der Waals surface area contributed by atoms with Crippen molar-refractivity contribution in [3.63, 3.8) is 0 Å². The number of para-hydroxylation sites is 1. The van der Waals surface area contributed by atoms with Crippen molar-refractivity contribution >= 4 is 10.9 Å². The lowest BCUT2D eigenvalue weighted by Crippen LogP contribution is -1.99. The minimum atomic E-state index is -0.490. The van der Waals surface area contributed by atoms with Gasteiger partial charge < -0.3 is 4.74 Å². The zero-order valence-electron chi connectivity index (χ0n) is 8.62. The molecular formula is C11H11FN2O. The predicted octanol–water partition coefficient (Wildman–Crippen LogP) is 2.34. The van der Waals surface area contributed by atoms with E-state index in [0.717, 1.165) is 0 Å². The van der Waals surface area contributed by atoms with Gasteiger partial charge in [-0.1, -0.05) is 13.0 Å². The smallest absolute Gasteiger partial charge is 0.224 e. The molecule has 0 saturated carbocycles. The lowest BCUT2D eigenvalue weighted by atomic mass is 10.2. The monoisotopic (exact) mass is 206 g/mol. The number of hydrogen-bond donors (Lipinski definition) is 0. The van der Waals surface area contributed by atoms with Gasteiger partial charge >= 0.3 is 0 Å². The van der Waals surface area contributed by atoms with Gasteiger partial charge in [0.15, 0.2) is 0 Å². The minimum Gasteiger partial charge on any atom is -0.494 e. The second kappa shape index (κ2) is 3.81. The highest BCUT2D eigenvalue weighted by Crippen LogP contribution is 2.24. The maximum atomic E-state index is 13.5. The summed E-state index contributed by atoms with van der Waals surface area (Å²) in [6.45, 7) is 1.88. The number of methoxy groups -OCH3 is 1. The van der Waals surface area contributed by atoms with E-state index in [1.807, 2.05) is 6.92 Å². The Morgan fingerprint density at radius 1 is 1.33 bits per heavy atom. The number of aromatic nitrogens is 2. The fourth-order valence-electron chi connectivity index (χ4n) is 1.45. The number of rotatable bonds is 2. The van der Waals surface area contributed by atoms with Crippen molar-refractivity contribution < 1.29 is 9.13 Å². The van der Waals surface area contributed by atoms with Crippen LogP contribution in [0.1, 0.15) is 12.7 Å². The standard InChI is InChI=1S/C11H11FN2O/c1-3-9-13-10-7(11(12)14-9)5-4-6-8(10)15-2/h4-6H,3H2,1-2H3. The summed E-state index contributed by atoms with van der Waals surface area (Å²) in [5.74, 6) is 0.573. The summed E-state index contributed by atoms with van der Waals surface area (Å²) >= 11 is 0. The Bertz CT molecular complexity index is 499. The van der Waals surface area contributed by atoms with Crippen molar-refractivity contribution in [2.45, 2.75) is 13.3 Å². The highest BCUT2D eigenvalue weighted by Gasteiger charge is 2.09. The first-order valence-corrected chi connectivity index (χ1v) is 4.75. The second-order valence-electron chi connectivity index (χ2n) is 3.14. The van der Waals surface area contributed by atoms with Gasteiger partial charge in [0.2, 0.25) is 5.95 Å². The van der Waals surface area contributed by atoms with Crippen LogP contribution >= 0.6 is 0 Å². The lowest BCUT2D eigenvalue weighted by Gasteiger charge is -2.05. The van der Waals surface area contributed by atoms with Crippen LogP contribution in [0.25, 0.3) is 10.9 Å². The molecule has 2 rings (SSSR count). The Balaban J connectivity index is 2.79. The number of halogens is 1. The van der Waals surface area contributed by atoms with Crippen LogP contribution in [0.5, 0.6) is 5.75 Å². The lowest BCUT2D eigenvalue weighted by molar-refractivity contribution is 0.418. The summed E-state index contributed by atoms with van der Waals surface area (Å²) in [7, 11) is 1.54. The number of benzene rings is 1. The molecule has 1 heterocycles. The van der Waals surface area contributed by atoms with E-state index < -0.39 is 5.95 Å². The van der Waals surface area contributed by atoms with Crippen molar-refractivity contribution in [3.8, 4) is 5.75 Å². The first-order valence-electron chi connectivity index (χ1n) is 4.75. The van der Waals surface area contributed by atoms with Gasteiger partial charge in [-0.3, -0.25) is 0 Å². The molecule has 0 atom stereocenters. The summed E-state index contributed by atoms with van der Waals surface area (Å²) in [4.78, 5) is 8.01. The molecule has 0 aliphatic carbocycles. The molecule has 0 aliphatic heterocycles. The Hall–Kier alpha value is -1.71. The van der Waals surface area contributed by atoms with E-state index in [2.05, 4.69) is 9.97 Å². The van der Waals surface area contributed by atoms with Crippen LogP contribution in [0.3, 0.4) is 0 Å². The molecule has 1 aromatic heterocycles. The molecule has 0 aliphatic rings. The van der Waals surface area contributed by atoms with Crippen LogP contribution in [0.2, 0.25) is 0 Å². The van der Waals surface area contributed by atoms with Gasteiger partial charge in [-0.25, -0.2) is 9.97 Å². The van der Waals surface area contributed by atoms with Crippen LogP contribution in [0, 0.1) is 5.95 Å². The molecule has 0 N–H and O–H groups in total. The Labute approximate surface area is 86.9 Å². The molecule has 78 valence electrons. The third-order valence-electron chi connectivity index (χ3n) is 2.23. The molecule has 0 amide bonds. The fourth-order valence-corrected chi connectivity index (χ4v) is 1.45. The molecule has 0 spiro atoms. The molecule has 15 heavy (non-hydrogen) atoms. The van der Waals surface area contributed by atoms with Crippen LogP contribution in [0.15, 0.2) is 18.2 Å². The highest BCUT2D eigenvalue weighted by atomic mass is 19.1. The summed E-state index contributed by atoms with van der Waals surface area (Å²) in [6.07, 6.45) is 0.602. The number of nitrogens with zero attached hydrogens (tertiary/aromatic N) is 2. The number of fused-ring (bicyclic) bond motifs is 1. The van der Waals surface area contributed by atoms with Gasteiger partial charge in [0, 0.05) is 6.42 Å². The Morgan fingerprint density at radius 2 is 2.13 bits per heavy atom. The number of hydrogen-bond acceptors (Lipinski definition) is 3. The van der Waals surface area contributed by atoms with Gasteiger partial charge in [-0.05, 0) is 12.1 Å². The molecule has 2 aromatic rings. The Morgan fingerprint density at radius 3 is 2.80 bits per heavy atom. The van der Waals surface area contributed by atoms with Crippen molar-refractivity contribution in [3.05, 3.63) is 30.0 Å². The summed E-state index contributed by atoms with van der Waals surface area (Å²) in [6, 6.07) is 5.13. The van der Waals surface area contributed by atoms with E-state index >= 15 is 0 Å². The van der Waals surface area contributed by atoms with Crippen molar-refractivity contribution in [2.75, 3.05) is 7.11 Å². The molecule has 0 radical (unpaired) electrons. The summed E-state index contributed by atoms with van der Waals surface area (Å²) in [5.41, 5.74) is 0.532. The van der Waals surface area contributed by atoms with Crippen molar-refractivity contribution in [1.29, 1.82) is 0 Å². The molecule has 0 bridgehead atoms. The number of aryl methyl sites for hydroxylation is 1. The van der Waals surface area contributed by atoms with E-state index in [-0.39, 0.29) is 0 Å². The van der Waals surface area contributed by atoms with Gasteiger partial charge in [0.25, 0.3) is 0 Å². The minimum absolute atomic E-state index is 0.395. The van der Waals surface area contributed by atoms with E-state index in [4.69, 9.17) is 4.74 Å². The topological polar surface area (TPSA) is 35.0 Å². The second-order valence-corrected chi connectivity index (χ2v) is 3.14. The van der Waals surface area contributed by atoms with Crippen molar-refractivity contribution in [2.24, 2.45) is 0 Å². The Kier molecular flexibility index (Phi) is 2.49. The summed E-state index contributed by atoms with van der Waals surface area (Å²) < 4.78 is 18.7. The molecule has 3 nitrogen and oxygen atoms in total. The fraction of sp³-hybridized carbons (Fsp3) is 0.273. The SMILES string of the molecule is CCc1nc(F)c2cccc(OC)c2n1. The molecule has 0 unspecified atom stereocenters. The first kappa shape index (κ1) is 9.83. The van der Waals surface area contributed by atoms with Gasteiger partial charge in [-0.2, -0.15) is 4.39 Å². The zero-order chi connectivity index (χ0) is 10.8. The zero-order valence-corrected chi connectivity index (χ0v) is 8.62. The first-order chi connectivity index (χ1) is 7.26. The third kappa shape index (κ3) is 1.63. The van der Waals surface area contributed by atoms with Crippen LogP contribution < -0.4 is 4.74 Å². The molecule has 4 heteroatoms. The van der Waals surface area contributed by atoms with Gasteiger partial charge in [0.1, 0.15) is 17.1 Å². The maximum Gasteiger partial charge on any atom is 0.224 e. The molecule has 0 saturated heterocycles. The van der Waals surface area contributed by atoms with E-state index in [0.29, 0.717) is 28.9 Å². The average Bonchev–Trinajstić information content (AvgIpc) is 2.28. The highest BCUT2D eigenvalue weighted by molar-refractivity contribution is 5.84. The van der Waals surface area contributed by atoms with Gasteiger partial charge in [-0.15, -0.1) is 0 Å². The molecule has 1 aromatic carbocycles. The summed E-state index contributed by atoms with van der Waals surface area (Å²) in [5, 5.41) is 0.395. The van der Waals surface area contributed by atoms with Crippen LogP contribution in [-0.4, -0.2) is 17.1 Å². The van der Waals surface area contributed by atoms with Gasteiger partial charge in [0.05, 0.1) is 12.5 Å². The van der Waals surface area contributed by atoms with E-state index in [1.165, 1.54) is 0 Å². The average molecular weight is 206 g/mol. The maximum absolute atomic E-state index is 13.5. The molecule has 0 fully saturated rings. The van der Waals surface area contributed by atoms with E-state index in [1.54, 1.807) is 25.3 Å². The largest absolute Gasteiger partial charge is 0.494 e. The quantitative estimate of drug-likeness (QED) is 0.707. The van der Waals surface area contributed by atoms with Crippen LogP contribution in [0.4, 0.5) is 4.39 Å².